The van der Waals surface area contributed by atoms with Crippen molar-refractivity contribution in [3.05, 3.63) is 47.5 Å². The molecule has 3 rings (SSSR count). The molecule has 20 heavy (non-hydrogen) atoms. The molecule has 1 heteroatoms. The zero-order valence-corrected chi connectivity index (χ0v) is 12.7. The molecule has 106 valence electrons. The highest BCUT2D eigenvalue weighted by Gasteiger charge is 2.27. The Hall–Kier alpha value is -1.34. The Morgan fingerprint density at radius 2 is 1.95 bits per heavy atom. The fourth-order valence-corrected chi connectivity index (χ4v) is 3.18. The van der Waals surface area contributed by atoms with Gasteiger partial charge in [0.15, 0.2) is 0 Å². The van der Waals surface area contributed by atoms with Crippen LogP contribution in [0.2, 0.25) is 0 Å². The summed E-state index contributed by atoms with van der Waals surface area (Å²) in [5.74, 6) is 0.947. The number of rotatable bonds is 6. The van der Waals surface area contributed by atoms with Gasteiger partial charge >= 0.3 is 0 Å². The van der Waals surface area contributed by atoms with Gasteiger partial charge in [-0.15, -0.1) is 0 Å². The molecule has 2 aromatic rings. The highest BCUT2D eigenvalue weighted by molar-refractivity contribution is 5.87. The summed E-state index contributed by atoms with van der Waals surface area (Å²) in [6, 6.07) is 13.9. The summed E-state index contributed by atoms with van der Waals surface area (Å²) in [5, 5.41) is 6.59. The topological polar surface area (TPSA) is 12.0 Å². The van der Waals surface area contributed by atoms with Gasteiger partial charge in [-0.3, -0.25) is 0 Å². The van der Waals surface area contributed by atoms with E-state index in [-0.39, 0.29) is 0 Å². The summed E-state index contributed by atoms with van der Waals surface area (Å²) in [7, 11) is 0. The molecule has 0 bridgehead atoms. The van der Waals surface area contributed by atoms with Crippen molar-refractivity contribution in [1.82, 2.24) is 5.32 Å². The van der Waals surface area contributed by atoms with Gasteiger partial charge in [0.05, 0.1) is 0 Å². The third-order valence-electron chi connectivity index (χ3n) is 4.44. The van der Waals surface area contributed by atoms with Crippen molar-refractivity contribution in [2.45, 2.75) is 45.6 Å². The van der Waals surface area contributed by atoms with Crippen molar-refractivity contribution in [2.75, 3.05) is 6.54 Å². The van der Waals surface area contributed by atoms with Crippen LogP contribution in [0.25, 0.3) is 10.8 Å². The quantitative estimate of drug-likeness (QED) is 0.777. The number of nitrogens with one attached hydrogen (secondary N) is 1. The Morgan fingerprint density at radius 1 is 1.15 bits per heavy atom. The Morgan fingerprint density at radius 3 is 2.70 bits per heavy atom. The Labute approximate surface area is 122 Å². The SMILES string of the molecule is CCCNC(CC1CC1)c1c(C)ccc2ccccc12. The van der Waals surface area contributed by atoms with Crippen LogP contribution >= 0.6 is 0 Å². The third-order valence-corrected chi connectivity index (χ3v) is 4.44. The van der Waals surface area contributed by atoms with Crippen LogP contribution in [-0.4, -0.2) is 6.54 Å². The zero-order chi connectivity index (χ0) is 13.9. The lowest BCUT2D eigenvalue weighted by Crippen LogP contribution is -2.23. The highest BCUT2D eigenvalue weighted by Crippen LogP contribution is 2.40. The van der Waals surface area contributed by atoms with Crippen LogP contribution in [0.15, 0.2) is 36.4 Å². The zero-order valence-electron chi connectivity index (χ0n) is 12.7. The Balaban J connectivity index is 2.01. The van der Waals surface area contributed by atoms with Gasteiger partial charge in [0, 0.05) is 6.04 Å². The lowest BCUT2D eigenvalue weighted by Gasteiger charge is -2.23. The van der Waals surface area contributed by atoms with Crippen LogP contribution < -0.4 is 5.32 Å². The van der Waals surface area contributed by atoms with E-state index in [4.69, 9.17) is 0 Å². The molecule has 1 nitrogen and oxygen atoms in total. The Kier molecular flexibility index (Phi) is 4.07. The van der Waals surface area contributed by atoms with E-state index >= 15 is 0 Å². The highest BCUT2D eigenvalue weighted by atomic mass is 14.9. The molecule has 0 aromatic heterocycles. The summed E-state index contributed by atoms with van der Waals surface area (Å²) in [6.45, 7) is 5.62. The molecule has 0 radical (unpaired) electrons. The first-order valence-corrected chi connectivity index (χ1v) is 8.01. The van der Waals surface area contributed by atoms with Crippen molar-refractivity contribution in [2.24, 2.45) is 5.92 Å². The number of aryl methyl sites for hydroxylation is 1. The summed E-state index contributed by atoms with van der Waals surface area (Å²) in [4.78, 5) is 0. The van der Waals surface area contributed by atoms with E-state index in [1.807, 2.05) is 0 Å². The molecule has 1 unspecified atom stereocenters. The van der Waals surface area contributed by atoms with Crippen molar-refractivity contribution in [1.29, 1.82) is 0 Å². The monoisotopic (exact) mass is 267 g/mol. The van der Waals surface area contributed by atoms with Crippen LogP contribution in [0.1, 0.15) is 49.8 Å². The van der Waals surface area contributed by atoms with Crippen molar-refractivity contribution in [3.63, 3.8) is 0 Å². The second-order valence-electron chi connectivity index (χ2n) is 6.20. The fraction of sp³-hybridized carbons (Fsp3) is 0.474. The summed E-state index contributed by atoms with van der Waals surface area (Å²) in [6.07, 6.45) is 5.35. The minimum absolute atomic E-state index is 0.522. The average molecular weight is 267 g/mol. The molecule has 0 saturated heterocycles. The molecular formula is C19H25N. The summed E-state index contributed by atoms with van der Waals surface area (Å²) in [5.41, 5.74) is 2.96. The number of hydrogen-bond donors (Lipinski definition) is 1. The number of benzene rings is 2. The molecular weight excluding hydrogens is 242 g/mol. The molecule has 2 aromatic carbocycles. The van der Waals surface area contributed by atoms with E-state index in [0.717, 1.165) is 12.5 Å². The predicted molar refractivity (Wildman–Crippen MR) is 87.1 cm³/mol. The summed E-state index contributed by atoms with van der Waals surface area (Å²) < 4.78 is 0. The average Bonchev–Trinajstić information content (AvgIpc) is 3.28. The molecule has 1 N–H and O–H groups in total. The van der Waals surface area contributed by atoms with E-state index in [9.17, 15) is 0 Å². The van der Waals surface area contributed by atoms with Gasteiger partial charge in [0.2, 0.25) is 0 Å². The molecule has 1 fully saturated rings. The Bertz CT molecular complexity index is 583. The minimum atomic E-state index is 0.522. The van der Waals surface area contributed by atoms with Crippen LogP contribution in [0.3, 0.4) is 0 Å². The molecule has 0 spiro atoms. The lowest BCUT2D eigenvalue weighted by molar-refractivity contribution is 0.475. The van der Waals surface area contributed by atoms with Gasteiger partial charge in [-0.05, 0) is 54.1 Å². The molecule has 1 atom stereocenters. The molecule has 1 aliphatic carbocycles. The maximum absolute atomic E-state index is 3.79. The van der Waals surface area contributed by atoms with E-state index in [0.29, 0.717) is 6.04 Å². The normalized spacial score (nSPS) is 16.5. The van der Waals surface area contributed by atoms with Gasteiger partial charge < -0.3 is 5.32 Å². The van der Waals surface area contributed by atoms with Crippen molar-refractivity contribution < 1.29 is 0 Å². The van der Waals surface area contributed by atoms with Crippen molar-refractivity contribution >= 4 is 10.8 Å². The third kappa shape index (κ3) is 2.88. The second kappa shape index (κ2) is 5.97. The van der Waals surface area contributed by atoms with Crippen LogP contribution in [0, 0.1) is 12.8 Å². The van der Waals surface area contributed by atoms with Gasteiger partial charge in [0.25, 0.3) is 0 Å². The van der Waals surface area contributed by atoms with E-state index in [1.54, 1.807) is 0 Å². The molecule has 1 aliphatic rings. The lowest BCUT2D eigenvalue weighted by atomic mass is 9.91. The fourth-order valence-electron chi connectivity index (χ4n) is 3.18. The minimum Gasteiger partial charge on any atom is -0.310 e. The molecule has 1 saturated carbocycles. The number of fused-ring (bicyclic) bond motifs is 1. The molecule has 0 aliphatic heterocycles. The van der Waals surface area contributed by atoms with Crippen LogP contribution in [-0.2, 0) is 0 Å². The molecule has 0 heterocycles. The predicted octanol–water partition coefficient (Wildman–Crippen LogP) is 4.99. The van der Waals surface area contributed by atoms with E-state index in [1.165, 1.54) is 47.6 Å². The number of hydrogen-bond acceptors (Lipinski definition) is 1. The van der Waals surface area contributed by atoms with Crippen molar-refractivity contribution in [3.8, 4) is 0 Å². The maximum atomic E-state index is 3.79. The standard InChI is InChI=1S/C19H25N/c1-3-12-20-18(13-15-9-10-15)19-14(2)8-11-16-6-4-5-7-17(16)19/h4-8,11,15,18,20H,3,9-10,12-13H2,1-2H3. The summed E-state index contributed by atoms with van der Waals surface area (Å²) >= 11 is 0. The molecule has 0 amide bonds. The maximum Gasteiger partial charge on any atom is 0.0331 e. The van der Waals surface area contributed by atoms with Gasteiger partial charge in [-0.25, -0.2) is 0 Å². The van der Waals surface area contributed by atoms with Gasteiger partial charge in [-0.1, -0.05) is 56.2 Å². The first-order valence-electron chi connectivity index (χ1n) is 8.01. The van der Waals surface area contributed by atoms with E-state index < -0.39 is 0 Å². The first-order chi connectivity index (χ1) is 9.79. The van der Waals surface area contributed by atoms with Gasteiger partial charge in [-0.2, -0.15) is 0 Å². The smallest absolute Gasteiger partial charge is 0.0331 e. The second-order valence-corrected chi connectivity index (χ2v) is 6.20. The largest absolute Gasteiger partial charge is 0.310 e. The first kappa shape index (κ1) is 13.6. The van der Waals surface area contributed by atoms with E-state index in [2.05, 4.69) is 55.6 Å². The van der Waals surface area contributed by atoms with Crippen LogP contribution in [0.4, 0.5) is 0 Å². The van der Waals surface area contributed by atoms with Gasteiger partial charge in [0.1, 0.15) is 0 Å². The van der Waals surface area contributed by atoms with Crippen LogP contribution in [0.5, 0.6) is 0 Å².